The van der Waals surface area contributed by atoms with Gasteiger partial charge in [-0.15, -0.1) is 0 Å². The highest BCUT2D eigenvalue weighted by Crippen LogP contribution is 2.32. The predicted molar refractivity (Wildman–Crippen MR) is 160 cm³/mol. The normalized spacial score (nSPS) is 14.3. The Morgan fingerprint density at radius 3 is 2.34 bits per heavy atom. The van der Waals surface area contributed by atoms with Crippen LogP contribution in [0.1, 0.15) is 30.3 Å². The number of para-hydroxylation sites is 1. The summed E-state index contributed by atoms with van der Waals surface area (Å²) in [5, 5.41) is 12.2. The molecule has 18 heteroatoms. The van der Waals surface area contributed by atoms with Crippen LogP contribution in [0.2, 0.25) is 0 Å². The van der Waals surface area contributed by atoms with Gasteiger partial charge >= 0.3 is 27.6 Å². The van der Waals surface area contributed by atoms with Crippen LogP contribution in [-0.2, 0) is 24.3 Å². The molecule has 1 saturated heterocycles. The van der Waals surface area contributed by atoms with E-state index >= 15 is 0 Å². The molecule has 3 aromatic rings. The summed E-state index contributed by atoms with van der Waals surface area (Å²) in [6.45, 7) is 2.46. The Labute approximate surface area is 266 Å². The highest BCUT2D eigenvalue weighted by Gasteiger charge is 2.46. The monoisotopic (exact) mass is 681 g/mol. The minimum absolute atomic E-state index is 0.0279. The third-order valence-electron chi connectivity index (χ3n) is 6.90. The van der Waals surface area contributed by atoms with Crippen LogP contribution in [-0.4, -0.2) is 96.5 Å². The van der Waals surface area contributed by atoms with Crippen molar-refractivity contribution in [1.29, 1.82) is 0 Å². The van der Waals surface area contributed by atoms with Crippen LogP contribution in [0.3, 0.4) is 0 Å². The number of carbonyl (C=O) groups excluding carboxylic acids is 3. The molecule has 2 heterocycles. The molecule has 14 nitrogen and oxygen atoms in total. The molecular weight excluding hydrogens is 651 g/mol. The standard InChI is InChI=1S/C29H30F3N5O9S/c1-2-45-28(42)37-14-12-36(13-15-37)27(41)22(10-11-25(38)39)34-26(40)23-17-24(20-8-3-4-9-21(20)33-23)46-19-7-5-6-18(16-19)35-47(43,44)29(30,31)32/h3-9,16-17,22,35H,2,10-15H2,1H3,(H,34,40)(H,38,39)/t22-/m0/s1. The van der Waals surface area contributed by atoms with Crippen LogP contribution in [0, 0.1) is 0 Å². The van der Waals surface area contributed by atoms with E-state index in [1.54, 1.807) is 31.2 Å². The summed E-state index contributed by atoms with van der Waals surface area (Å²) in [7, 11) is -5.70. The summed E-state index contributed by atoms with van der Waals surface area (Å²) in [4.78, 5) is 57.4. The number of alkyl halides is 3. The van der Waals surface area contributed by atoms with Gasteiger partial charge in [-0.2, -0.15) is 21.6 Å². The number of sulfonamides is 1. The lowest BCUT2D eigenvalue weighted by molar-refractivity contribution is -0.138. The van der Waals surface area contributed by atoms with Gasteiger partial charge < -0.3 is 29.7 Å². The number of fused-ring (bicyclic) bond motifs is 1. The summed E-state index contributed by atoms with van der Waals surface area (Å²) in [5.41, 5.74) is -5.94. The quantitative estimate of drug-likeness (QED) is 0.270. The number of carboxylic acids is 1. The number of benzene rings is 2. The Kier molecular flexibility index (Phi) is 10.7. The Morgan fingerprint density at radius 2 is 1.68 bits per heavy atom. The van der Waals surface area contributed by atoms with Crippen molar-refractivity contribution < 1.29 is 55.3 Å². The summed E-state index contributed by atoms with van der Waals surface area (Å²) < 4.78 is 74.0. The maximum atomic E-state index is 13.5. The predicted octanol–water partition coefficient (Wildman–Crippen LogP) is 3.55. The van der Waals surface area contributed by atoms with Crippen molar-refractivity contribution in [1.82, 2.24) is 20.1 Å². The number of aliphatic carboxylic acids is 1. The lowest BCUT2D eigenvalue weighted by Crippen LogP contribution is -2.56. The summed E-state index contributed by atoms with van der Waals surface area (Å²) >= 11 is 0. The Balaban J connectivity index is 1.56. The first-order valence-corrected chi connectivity index (χ1v) is 15.7. The van der Waals surface area contributed by atoms with E-state index in [1.165, 1.54) is 32.7 Å². The molecule has 1 aromatic heterocycles. The number of nitrogens with zero attached hydrogens (tertiary/aromatic N) is 3. The molecule has 4 rings (SSSR count). The summed E-state index contributed by atoms with van der Waals surface area (Å²) in [6.07, 6.45) is -1.20. The molecule has 1 aliphatic rings. The molecule has 0 radical (unpaired) electrons. The summed E-state index contributed by atoms with van der Waals surface area (Å²) in [5.74, 6) is -2.64. The first-order valence-electron chi connectivity index (χ1n) is 14.2. The molecule has 0 aliphatic carbocycles. The Morgan fingerprint density at radius 1 is 1.00 bits per heavy atom. The number of hydrogen-bond donors (Lipinski definition) is 3. The van der Waals surface area contributed by atoms with Gasteiger partial charge in [0.05, 0.1) is 17.8 Å². The zero-order chi connectivity index (χ0) is 34.4. The number of piperazine rings is 1. The van der Waals surface area contributed by atoms with Crippen LogP contribution < -0.4 is 14.8 Å². The number of hydrogen-bond acceptors (Lipinski definition) is 9. The van der Waals surface area contributed by atoms with Gasteiger partial charge in [-0.25, -0.2) is 9.78 Å². The van der Waals surface area contributed by atoms with Gasteiger partial charge in [0.1, 0.15) is 23.2 Å². The smallest absolute Gasteiger partial charge is 0.481 e. The number of nitrogens with one attached hydrogen (secondary N) is 2. The molecule has 2 aromatic carbocycles. The van der Waals surface area contributed by atoms with Gasteiger partial charge in [0.2, 0.25) is 5.91 Å². The highest BCUT2D eigenvalue weighted by atomic mass is 32.2. The molecule has 3 N–H and O–H groups in total. The van der Waals surface area contributed by atoms with E-state index in [2.05, 4.69) is 10.3 Å². The van der Waals surface area contributed by atoms with Gasteiger partial charge in [0, 0.05) is 50.1 Å². The van der Waals surface area contributed by atoms with Crippen molar-refractivity contribution in [3.05, 3.63) is 60.3 Å². The zero-order valence-electron chi connectivity index (χ0n) is 24.8. The van der Waals surface area contributed by atoms with Crippen LogP contribution >= 0.6 is 0 Å². The maximum absolute atomic E-state index is 13.5. The number of rotatable bonds is 11. The highest BCUT2D eigenvalue weighted by molar-refractivity contribution is 7.93. The number of amides is 3. The molecule has 0 saturated carbocycles. The van der Waals surface area contributed by atoms with Crippen molar-refractivity contribution in [3.63, 3.8) is 0 Å². The van der Waals surface area contributed by atoms with Crippen molar-refractivity contribution in [2.45, 2.75) is 31.3 Å². The minimum Gasteiger partial charge on any atom is -0.481 e. The Bertz CT molecular complexity index is 1760. The molecule has 1 fully saturated rings. The van der Waals surface area contributed by atoms with Crippen LogP contribution in [0.25, 0.3) is 10.9 Å². The van der Waals surface area contributed by atoms with E-state index < -0.39 is 57.6 Å². The molecule has 252 valence electrons. The third kappa shape index (κ3) is 8.78. The molecular formula is C29H30F3N5O9S. The van der Waals surface area contributed by atoms with Crippen molar-refractivity contribution in [3.8, 4) is 11.5 Å². The van der Waals surface area contributed by atoms with Crippen LogP contribution in [0.4, 0.5) is 23.7 Å². The maximum Gasteiger partial charge on any atom is 0.516 e. The largest absolute Gasteiger partial charge is 0.516 e. The summed E-state index contributed by atoms with van der Waals surface area (Å²) in [6, 6.07) is 11.1. The molecule has 0 spiro atoms. The SMILES string of the molecule is CCOC(=O)N1CCN(C(=O)[C@H](CCC(=O)O)NC(=O)c2cc(Oc3cccc(NS(=O)(=O)C(F)(F)F)c3)c3ccccc3n2)CC1. The first-order chi connectivity index (χ1) is 22.2. The van der Waals surface area contributed by atoms with E-state index in [0.717, 1.165) is 12.1 Å². The van der Waals surface area contributed by atoms with Gasteiger partial charge in [0.25, 0.3) is 5.91 Å². The number of pyridine rings is 1. The van der Waals surface area contributed by atoms with E-state index in [9.17, 15) is 45.9 Å². The lowest BCUT2D eigenvalue weighted by Gasteiger charge is -2.35. The molecule has 3 amide bonds. The first kappa shape index (κ1) is 34.7. The van der Waals surface area contributed by atoms with Crippen molar-refractivity contribution in [2.75, 3.05) is 37.5 Å². The third-order valence-corrected chi connectivity index (χ3v) is 8.01. The number of halogens is 3. The fourth-order valence-corrected chi connectivity index (χ4v) is 5.16. The fraction of sp³-hybridized carbons (Fsp3) is 0.345. The van der Waals surface area contributed by atoms with Crippen molar-refractivity contribution >= 4 is 50.5 Å². The van der Waals surface area contributed by atoms with Gasteiger partial charge in [-0.1, -0.05) is 18.2 Å². The van der Waals surface area contributed by atoms with E-state index in [4.69, 9.17) is 9.47 Å². The number of anilines is 1. The minimum atomic E-state index is -5.70. The number of aromatic nitrogens is 1. The molecule has 0 bridgehead atoms. The van der Waals surface area contributed by atoms with Gasteiger partial charge in [0.15, 0.2) is 0 Å². The Hall–Kier alpha value is -5.13. The second-order valence-corrected chi connectivity index (χ2v) is 11.8. The zero-order valence-corrected chi connectivity index (χ0v) is 25.6. The van der Waals surface area contributed by atoms with Crippen molar-refractivity contribution in [2.24, 2.45) is 0 Å². The van der Waals surface area contributed by atoms with Crippen LogP contribution in [0.5, 0.6) is 11.5 Å². The van der Waals surface area contributed by atoms with E-state index in [0.29, 0.717) is 5.39 Å². The molecule has 0 unspecified atom stereocenters. The molecule has 1 atom stereocenters. The van der Waals surface area contributed by atoms with Gasteiger partial charge in [-0.05, 0) is 37.6 Å². The topological polar surface area (TPSA) is 185 Å². The number of carboxylic acid groups (broad SMARTS) is 1. The van der Waals surface area contributed by atoms with E-state index in [-0.39, 0.29) is 61.9 Å². The second-order valence-electron chi connectivity index (χ2n) is 10.2. The number of carbonyl (C=O) groups is 4. The van der Waals surface area contributed by atoms with Gasteiger partial charge in [-0.3, -0.25) is 19.1 Å². The lowest BCUT2D eigenvalue weighted by atomic mass is 10.1. The average Bonchev–Trinajstić information content (AvgIpc) is 3.02. The van der Waals surface area contributed by atoms with E-state index in [1.807, 2.05) is 0 Å². The fourth-order valence-electron chi connectivity index (χ4n) is 4.61. The van der Waals surface area contributed by atoms with Crippen LogP contribution in [0.15, 0.2) is 54.6 Å². The second kappa shape index (κ2) is 14.5. The molecule has 1 aliphatic heterocycles. The molecule has 47 heavy (non-hydrogen) atoms. The average molecular weight is 682 g/mol. The number of ether oxygens (including phenoxy) is 2.